The van der Waals surface area contributed by atoms with Crippen LogP contribution in [-0.2, 0) is 0 Å². The number of benzene rings is 1. The smallest absolute Gasteiger partial charge is 0.249 e. The molecule has 0 unspecified atom stereocenters. The van der Waals surface area contributed by atoms with E-state index in [-0.39, 0.29) is 5.95 Å². The van der Waals surface area contributed by atoms with E-state index in [0.29, 0.717) is 0 Å². The van der Waals surface area contributed by atoms with Crippen LogP contribution < -0.4 is 10.4 Å². The molecule has 0 aliphatic carbocycles. The van der Waals surface area contributed by atoms with Crippen molar-refractivity contribution in [3.63, 3.8) is 0 Å². The second-order valence-electron chi connectivity index (χ2n) is 5.84. The number of hydrogen-bond acceptors (Lipinski definition) is 5. The van der Waals surface area contributed by atoms with Crippen LogP contribution in [0.4, 0.5) is 11.8 Å². The molecule has 4 rings (SSSR count). The predicted molar refractivity (Wildman–Crippen MR) is 90.8 cm³/mol. The zero-order chi connectivity index (χ0) is 15.6. The van der Waals surface area contributed by atoms with Crippen LogP contribution in [-0.4, -0.2) is 33.2 Å². The Balaban J connectivity index is 1.85. The summed E-state index contributed by atoms with van der Waals surface area (Å²) in [6.07, 6.45) is 3.59. The molecule has 1 aromatic carbocycles. The summed E-state index contributed by atoms with van der Waals surface area (Å²) in [5.41, 5.74) is 5.92. The van der Waals surface area contributed by atoms with E-state index in [1.54, 1.807) is 0 Å². The van der Waals surface area contributed by atoms with Crippen molar-refractivity contribution < 1.29 is 5.21 Å². The lowest BCUT2D eigenvalue weighted by atomic mass is 10.1. The van der Waals surface area contributed by atoms with Crippen LogP contribution in [0.3, 0.4) is 0 Å². The van der Waals surface area contributed by atoms with Gasteiger partial charge in [-0.2, -0.15) is 4.98 Å². The average molecular weight is 309 g/mol. The first-order chi connectivity index (χ1) is 11.3. The Hall–Kier alpha value is -2.60. The first kappa shape index (κ1) is 14.0. The first-order valence-corrected chi connectivity index (χ1v) is 7.96. The number of anilines is 2. The Labute approximate surface area is 134 Å². The molecule has 1 aliphatic heterocycles. The fraction of sp³-hybridized carbons (Fsp3) is 0.294. The molecular formula is C17H19N5O. The van der Waals surface area contributed by atoms with Gasteiger partial charge in [-0.25, -0.2) is 10.5 Å². The second-order valence-corrected chi connectivity index (χ2v) is 5.84. The van der Waals surface area contributed by atoms with Gasteiger partial charge in [-0.15, -0.1) is 0 Å². The maximum Gasteiger partial charge on any atom is 0.249 e. The van der Waals surface area contributed by atoms with E-state index in [4.69, 9.17) is 0 Å². The van der Waals surface area contributed by atoms with E-state index in [0.717, 1.165) is 41.2 Å². The van der Waals surface area contributed by atoms with Gasteiger partial charge in [0.25, 0.3) is 0 Å². The number of piperidine rings is 1. The van der Waals surface area contributed by atoms with Gasteiger partial charge in [0.15, 0.2) is 5.82 Å². The quantitative estimate of drug-likeness (QED) is 0.646. The monoisotopic (exact) mass is 309 g/mol. The Kier molecular flexibility index (Phi) is 3.59. The summed E-state index contributed by atoms with van der Waals surface area (Å²) in [4.78, 5) is 14.6. The molecule has 2 aromatic heterocycles. The van der Waals surface area contributed by atoms with Gasteiger partial charge in [-0.05, 0) is 30.9 Å². The molecule has 0 spiro atoms. The lowest BCUT2D eigenvalue weighted by Crippen LogP contribution is -2.30. The van der Waals surface area contributed by atoms with Crippen molar-refractivity contribution in [1.82, 2.24) is 15.0 Å². The fourth-order valence-electron chi connectivity index (χ4n) is 3.16. The van der Waals surface area contributed by atoms with Gasteiger partial charge >= 0.3 is 0 Å². The van der Waals surface area contributed by atoms with E-state index < -0.39 is 0 Å². The number of hydrogen-bond donors (Lipinski definition) is 3. The summed E-state index contributed by atoms with van der Waals surface area (Å²) in [5, 5.41) is 9.24. The van der Waals surface area contributed by atoms with E-state index in [2.05, 4.69) is 37.5 Å². The molecule has 0 saturated carbocycles. The standard InChI is InChI=1S/C17H19N5O/c23-21-17-19-14-11-13(12-7-3-1-4-8-12)18-15(14)16(20-17)22-9-5-2-6-10-22/h1,3-4,7-8,11,18,23H,2,5-6,9-10H2,(H,19,20,21). The molecular weight excluding hydrogens is 290 g/mol. The van der Waals surface area contributed by atoms with Gasteiger partial charge < -0.3 is 9.88 Å². The van der Waals surface area contributed by atoms with Crippen molar-refractivity contribution in [2.24, 2.45) is 0 Å². The van der Waals surface area contributed by atoms with Gasteiger partial charge in [-0.3, -0.25) is 5.21 Å². The Morgan fingerprint density at radius 2 is 1.83 bits per heavy atom. The molecule has 6 heteroatoms. The maximum absolute atomic E-state index is 9.24. The summed E-state index contributed by atoms with van der Waals surface area (Å²) >= 11 is 0. The number of nitrogens with one attached hydrogen (secondary N) is 2. The third-order valence-electron chi connectivity index (χ3n) is 4.30. The highest BCUT2D eigenvalue weighted by Gasteiger charge is 2.19. The molecule has 1 aliphatic rings. The third-order valence-corrected chi connectivity index (χ3v) is 4.30. The van der Waals surface area contributed by atoms with E-state index >= 15 is 0 Å². The molecule has 0 amide bonds. The summed E-state index contributed by atoms with van der Waals surface area (Å²) in [7, 11) is 0. The normalized spacial score (nSPS) is 15.1. The lowest BCUT2D eigenvalue weighted by molar-refractivity contribution is 0.383. The molecule has 6 nitrogen and oxygen atoms in total. The largest absolute Gasteiger partial charge is 0.355 e. The van der Waals surface area contributed by atoms with Crippen LogP contribution in [0.25, 0.3) is 22.3 Å². The first-order valence-electron chi connectivity index (χ1n) is 7.96. The van der Waals surface area contributed by atoms with Crippen molar-refractivity contribution >= 4 is 22.8 Å². The molecule has 0 atom stereocenters. The Bertz CT molecular complexity index is 808. The van der Waals surface area contributed by atoms with Crippen molar-refractivity contribution in [1.29, 1.82) is 0 Å². The molecule has 3 N–H and O–H groups in total. The van der Waals surface area contributed by atoms with Crippen LogP contribution in [0.15, 0.2) is 36.4 Å². The minimum Gasteiger partial charge on any atom is -0.355 e. The number of rotatable bonds is 3. The van der Waals surface area contributed by atoms with Crippen LogP contribution >= 0.6 is 0 Å². The molecule has 1 fully saturated rings. The third kappa shape index (κ3) is 2.61. The summed E-state index contributed by atoms with van der Waals surface area (Å²) in [5.74, 6) is 1.09. The molecule has 0 radical (unpaired) electrons. The van der Waals surface area contributed by atoms with Gasteiger partial charge in [0.2, 0.25) is 5.95 Å². The highest BCUT2D eigenvalue weighted by molar-refractivity contribution is 5.91. The fourth-order valence-corrected chi connectivity index (χ4v) is 3.16. The minimum absolute atomic E-state index is 0.233. The molecule has 1 saturated heterocycles. The van der Waals surface area contributed by atoms with Gasteiger partial charge in [-0.1, -0.05) is 30.3 Å². The lowest BCUT2D eigenvalue weighted by Gasteiger charge is -2.28. The summed E-state index contributed by atoms with van der Waals surface area (Å²) < 4.78 is 0. The molecule has 118 valence electrons. The highest BCUT2D eigenvalue weighted by atomic mass is 16.5. The van der Waals surface area contributed by atoms with Crippen molar-refractivity contribution in [3.8, 4) is 11.3 Å². The van der Waals surface area contributed by atoms with Crippen LogP contribution in [0.5, 0.6) is 0 Å². The van der Waals surface area contributed by atoms with Gasteiger partial charge in [0.05, 0.1) is 5.52 Å². The number of nitrogens with zero attached hydrogens (tertiary/aromatic N) is 3. The zero-order valence-corrected chi connectivity index (χ0v) is 12.8. The highest BCUT2D eigenvalue weighted by Crippen LogP contribution is 2.30. The number of aromatic nitrogens is 3. The van der Waals surface area contributed by atoms with Crippen molar-refractivity contribution in [2.45, 2.75) is 19.3 Å². The Morgan fingerprint density at radius 3 is 2.57 bits per heavy atom. The zero-order valence-electron chi connectivity index (χ0n) is 12.8. The molecule has 0 bridgehead atoms. The molecule has 3 heterocycles. The number of fused-ring (bicyclic) bond motifs is 1. The van der Waals surface area contributed by atoms with Crippen molar-refractivity contribution in [2.75, 3.05) is 23.5 Å². The van der Waals surface area contributed by atoms with Gasteiger partial charge in [0.1, 0.15) is 5.52 Å². The predicted octanol–water partition coefficient (Wildman–Crippen LogP) is 3.42. The minimum atomic E-state index is 0.233. The Morgan fingerprint density at radius 1 is 1.04 bits per heavy atom. The van der Waals surface area contributed by atoms with E-state index in [1.807, 2.05) is 24.3 Å². The molecule has 23 heavy (non-hydrogen) atoms. The van der Waals surface area contributed by atoms with E-state index in [1.165, 1.54) is 19.3 Å². The average Bonchev–Trinajstić information content (AvgIpc) is 3.06. The number of aromatic amines is 1. The molecule has 3 aromatic rings. The summed E-state index contributed by atoms with van der Waals surface area (Å²) in [6.45, 7) is 1.97. The maximum atomic E-state index is 9.24. The van der Waals surface area contributed by atoms with Crippen molar-refractivity contribution in [3.05, 3.63) is 36.4 Å². The summed E-state index contributed by atoms with van der Waals surface area (Å²) in [6, 6.07) is 12.1. The SMILES string of the molecule is ONc1nc(N2CCCCC2)c2[nH]c(-c3ccccc3)cc2n1. The number of H-pyrrole nitrogens is 1. The van der Waals surface area contributed by atoms with Crippen LogP contribution in [0.1, 0.15) is 19.3 Å². The second kappa shape index (κ2) is 5.89. The van der Waals surface area contributed by atoms with Gasteiger partial charge in [0, 0.05) is 18.8 Å². The van der Waals surface area contributed by atoms with Crippen LogP contribution in [0, 0.1) is 0 Å². The van der Waals surface area contributed by atoms with E-state index in [9.17, 15) is 5.21 Å². The topological polar surface area (TPSA) is 77.1 Å². The van der Waals surface area contributed by atoms with Crippen LogP contribution in [0.2, 0.25) is 0 Å².